The number of rotatable bonds is 1. The molecule has 3 heterocycles. The third-order valence-corrected chi connectivity index (χ3v) is 4.51. The van der Waals surface area contributed by atoms with Crippen LogP contribution in [0.25, 0.3) is 0 Å². The Kier molecular flexibility index (Phi) is 2.89. The van der Waals surface area contributed by atoms with E-state index in [1.54, 1.807) is 0 Å². The van der Waals surface area contributed by atoms with Crippen LogP contribution in [0.2, 0.25) is 0 Å². The number of nitrogens with zero attached hydrogens (tertiary/aromatic N) is 2. The standard InChI is InChI=1S/C15H25N3/c1-15(2,3)18-8-5-13(6-9-18)17-10-12-4-7-16-14(12)11-17/h5-6,8,12,14,16H,4,7,9-11H2,1-3H3/t12-,14+/m1/s1. The van der Waals surface area contributed by atoms with Crippen molar-refractivity contribution in [2.24, 2.45) is 5.92 Å². The van der Waals surface area contributed by atoms with Crippen LogP contribution >= 0.6 is 0 Å². The molecule has 0 unspecified atom stereocenters. The van der Waals surface area contributed by atoms with Gasteiger partial charge in [0.15, 0.2) is 0 Å². The van der Waals surface area contributed by atoms with Crippen molar-refractivity contribution in [1.29, 1.82) is 0 Å². The molecule has 0 bridgehead atoms. The molecule has 2 atom stereocenters. The highest BCUT2D eigenvalue weighted by molar-refractivity contribution is 5.24. The van der Waals surface area contributed by atoms with Crippen LogP contribution in [-0.2, 0) is 0 Å². The van der Waals surface area contributed by atoms with Gasteiger partial charge in [-0.3, -0.25) is 0 Å². The molecule has 100 valence electrons. The Morgan fingerprint density at radius 2 is 2.11 bits per heavy atom. The SMILES string of the molecule is CC(C)(C)N1C=CC(N2C[C@H]3CCN[C@H]3C2)=CC1. The molecule has 18 heavy (non-hydrogen) atoms. The van der Waals surface area contributed by atoms with E-state index in [0.29, 0.717) is 0 Å². The second kappa shape index (κ2) is 4.30. The Morgan fingerprint density at radius 1 is 1.28 bits per heavy atom. The molecule has 3 rings (SSSR count). The first-order valence-corrected chi connectivity index (χ1v) is 7.17. The van der Waals surface area contributed by atoms with Crippen LogP contribution in [0.1, 0.15) is 27.2 Å². The molecule has 0 spiro atoms. The predicted molar refractivity (Wildman–Crippen MR) is 75.2 cm³/mol. The maximum atomic E-state index is 3.62. The number of hydrogen-bond acceptors (Lipinski definition) is 3. The van der Waals surface area contributed by atoms with E-state index in [4.69, 9.17) is 0 Å². The minimum Gasteiger partial charge on any atom is -0.370 e. The minimum absolute atomic E-state index is 0.224. The van der Waals surface area contributed by atoms with Crippen LogP contribution in [-0.4, -0.2) is 47.6 Å². The summed E-state index contributed by atoms with van der Waals surface area (Å²) in [5, 5.41) is 3.62. The molecule has 1 N–H and O–H groups in total. The first-order chi connectivity index (χ1) is 8.54. The summed E-state index contributed by atoms with van der Waals surface area (Å²) in [7, 11) is 0. The van der Waals surface area contributed by atoms with Crippen LogP contribution in [0, 0.1) is 5.92 Å². The van der Waals surface area contributed by atoms with E-state index in [0.717, 1.165) is 18.5 Å². The van der Waals surface area contributed by atoms with Crippen LogP contribution in [0.5, 0.6) is 0 Å². The molecular formula is C15H25N3. The fourth-order valence-electron chi connectivity index (χ4n) is 3.28. The topological polar surface area (TPSA) is 18.5 Å². The lowest BCUT2D eigenvalue weighted by molar-refractivity contribution is 0.220. The molecule has 3 aliphatic heterocycles. The van der Waals surface area contributed by atoms with E-state index in [2.05, 4.69) is 54.2 Å². The van der Waals surface area contributed by atoms with Crippen LogP contribution in [0.15, 0.2) is 24.0 Å². The van der Waals surface area contributed by atoms with Crippen molar-refractivity contribution in [3.63, 3.8) is 0 Å². The fraction of sp³-hybridized carbons (Fsp3) is 0.733. The monoisotopic (exact) mass is 247 g/mol. The normalized spacial score (nSPS) is 31.8. The van der Waals surface area contributed by atoms with Gasteiger partial charge in [0.2, 0.25) is 0 Å². The van der Waals surface area contributed by atoms with Gasteiger partial charge in [-0.25, -0.2) is 0 Å². The predicted octanol–water partition coefficient (Wildman–Crippen LogP) is 1.79. The second-order valence-corrected chi connectivity index (χ2v) is 6.78. The van der Waals surface area contributed by atoms with Crippen LogP contribution in [0.4, 0.5) is 0 Å². The molecule has 2 saturated heterocycles. The van der Waals surface area contributed by atoms with Crippen molar-refractivity contribution in [3.8, 4) is 0 Å². The minimum atomic E-state index is 0.224. The zero-order chi connectivity index (χ0) is 12.8. The summed E-state index contributed by atoms with van der Waals surface area (Å²) in [6, 6.07) is 0.736. The number of allylic oxidation sites excluding steroid dienone is 1. The van der Waals surface area contributed by atoms with Crippen LogP contribution in [0.3, 0.4) is 0 Å². The van der Waals surface area contributed by atoms with Crippen molar-refractivity contribution >= 4 is 0 Å². The third-order valence-electron chi connectivity index (χ3n) is 4.51. The summed E-state index contributed by atoms with van der Waals surface area (Å²) in [5.41, 5.74) is 1.65. The van der Waals surface area contributed by atoms with Gasteiger partial charge in [0.05, 0.1) is 0 Å². The molecule has 3 nitrogen and oxygen atoms in total. The Balaban J connectivity index is 1.63. The van der Waals surface area contributed by atoms with Gasteiger partial charge in [0, 0.05) is 43.1 Å². The van der Waals surface area contributed by atoms with Crippen molar-refractivity contribution in [1.82, 2.24) is 15.1 Å². The Bertz CT molecular complexity index is 366. The van der Waals surface area contributed by atoms with Crippen LogP contribution < -0.4 is 5.32 Å². The second-order valence-electron chi connectivity index (χ2n) is 6.78. The summed E-state index contributed by atoms with van der Waals surface area (Å²) >= 11 is 0. The third kappa shape index (κ3) is 2.16. The summed E-state index contributed by atoms with van der Waals surface area (Å²) < 4.78 is 0. The lowest BCUT2D eigenvalue weighted by atomic mass is 10.1. The molecule has 0 saturated carbocycles. The highest BCUT2D eigenvalue weighted by Gasteiger charge is 2.36. The molecule has 3 heteroatoms. The fourth-order valence-corrected chi connectivity index (χ4v) is 3.28. The summed E-state index contributed by atoms with van der Waals surface area (Å²) in [6.07, 6.45) is 8.28. The van der Waals surface area contributed by atoms with E-state index in [1.165, 1.54) is 31.8 Å². The Hall–Kier alpha value is -0.960. The Labute approximate surface area is 111 Å². The molecule has 0 radical (unpaired) electrons. The maximum Gasteiger partial charge on any atom is 0.0382 e. The van der Waals surface area contributed by atoms with E-state index in [-0.39, 0.29) is 5.54 Å². The number of nitrogens with one attached hydrogen (secondary N) is 1. The van der Waals surface area contributed by atoms with Gasteiger partial charge in [-0.05, 0) is 51.8 Å². The lowest BCUT2D eigenvalue weighted by Gasteiger charge is -2.37. The smallest absolute Gasteiger partial charge is 0.0382 e. The zero-order valence-corrected chi connectivity index (χ0v) is 11.8. The quantitative estimate of drug-likeness (QED) is 0.762. The summed E-state index contributed by atoms with van der Waals surface area (Å²) in [4.78, 5) is 4.95. The van der Waals surface area contributed by atoms with E-state index >= 15 is 0 Å². The van der Waals surface area contributed by atoms with Gasteiger partial charge in [0.1, 0.15) is 0 Å². The molecule has 0 aromatic heterocycles. The number of fused-ring (bicyclic) bond motifs is 1. The maximum absolute atomic E-state index is 3.62. The average Bonchev–Trinajstić information content (AvgIpc) is 2.88. The molecule has 0 aromatic carbocycles. The van der Waals surface area contributed by atoms with Crippen molar-refractivity contribution in [2.45, 2.75) is 38.8 Å². The highest BCUT2D eigenvalue weighted by Crippen LogP contribution is 2.29. The Morgan fingerprint density at radius 3 is 2.72 bits per heavy atom. The first-order valence-electron chi connectivity index (χ1n) is 7.17. The van der Waals surface area contributed by atoms with Gasteiger partial charge in [0.25, 0.3) is 0 Å². The average molecular weight is 247 g/mol. The summed E-state index contributed by atoms with van der Waals surface area (Å²) in [6.45, 7) is 11.5. The van der Waals surface area contributed by atoms with Gasteiger partial charge < -0.3 is 15.1 Å². The number of likely N-dealkylation sites (tertiary alicyclic amines) is 1. The van der Waals surface area contributed by atoms with E-state index < -0.39 is 0 Å². The van der Waals surface area contributed by atoms with Crippen molar-refractivity contribution in [2.75, 3.05) is 26.2 Å². The highest BCUT2D eigenvalue weighted by atomic mass is 15.2. The summed E-state index contributed by atoms with van der Waals surface area (Å²) in [5.74, 6) is 0.875. The van der Waals surface area contributed by atoms with Crippen molar-refractivity contribution < 1.29 is 0 Å². The van der Waals surface area contributed by atoms with Gasteiger partial charge in [-0.2, -0.15) is 0 Å². The largest absolute Gasteiger partial charge is 0.370 e. The van der Waals surface area contributed by atoms with Gasteiger partial charge in [-0.1, -0.05) is 0 Å². The zero-order valence-electron chi connectivity index (χ0n) is 11.8. The van der Waals surface area contributed by atoms with Gasteiger partial charge in [-0.15, -0.1) is 0 Å². The molecule has 2 fully saturated rings. The molecule has 3 aliphatic rings. The lowest BCUT2D eigenvalue weighted by Crippen LogP contribution is -2.39. The number of hydrogen-bond donors (Lipinski definition) is 1. The molecule has 0 aromatic rings. The van der Waals surface area contributed by atoms with Gasteiger partial charge >= 0.3 is 0 Å². The molecular weight excluding hydrogens is 222 g/mol. The van der Waals surface area contributed by atoms with Crippen molar-refractivity contribution in [3.05, 3.63) is 24.0 Å². The van der Waals surface area contributed by atoms with E-state index in [1.807, 2.05) is 0 Å². The van der Waals surface area contributed by atoms with E-state index in [9.17, 15) is 0 Å². The molecule has 0 amide bonds. The first kappa shape index (κ1) is 12.1. The molecule has 0 aliphatic carbocycles.